The standard InChI is InChI=1S/C10H9F3O3/c1-2-16-6-3-4-7(9(14)15)8(5-6)10(11,12)13/h3-5H,2H2,1H3,(H,14,15). The summed E-state index contributed by atoms with van der Waals surface area (Å²) < 4.78 is 42.4. The van der Waals surface area contributed by atoms with Crippen LogP contribution >= 0.6 is 0 Å². The molecule has 1 aromatic carbocycles. The largest absolute Gasteiger partial charge is 0.494 e. The van der Waals surface area contributed by atoms with E-state index in [1.54, 1.807) is 6.92 Å². The van der Waals surface area contributed by atoms with E-state index in [9.17, 15) is 18.0 Å². The Morgan fingerprint density at radius 2 is 2.06 bits per heavy atom. The van der Waals surface area contributed by atoms with Crippen LogP contribution < -0.4 is 4.74 Å². The molecule has 0 spiro atoms. The third kappa shape index (κ3) is 2.65. The number of aromatic carboxylic acids is 1. The molecule has 0 atom stereocenters. The molecule has 88 valence electrons. The number of carbonyl (C=O) groups is 1. The number of ether oxygens (including phenoxy) is 1. The summed E-state index contributed by atoms with van der Waals surface area (Å²) >= 11 is 0. The topological polar surface area (TPSA) is 46.5 Å². The first-order chi connectivity index (χ1) is 7.36. The summed E-state index contributed by atoms with van der Waals surface area (Å²) in [5, 5.41) is 8.61. The van der Waals surface area contributed by atoms with Crippen molar-refractivity contribution in [3.05, 3.63) is 29.3 Å². The summed E-state index contributed by atoms with van der Waals surface area (Å²) in [5.74, 6) is -1.62. The zero-order chi connectivity index (χ0) is 12.3. The molecule has 0 aliphatic heterocycles. The van der Waals surface area contributed by atoms with Gasteiger partial charge in [-0.2, -0.15) is 13.2 Å². The molecule has 0 saturated heterocycles. The molecule has 0 aromatic heterocycles. The Bertz CT molecular complexity index is 399. The van der Waals surface area contributed by atoms with Crippen LogP contribution in [0.15, 0.2) is 18.2 Å². The Kier molecular flexibility index (Phi) is 3.41. The zero-order valence-electron chi connectivity index (χ0n) is 8.34. The summed E-state index contributed by atoms with van der Waals surface area (Å²) in [6.45, 7) is 1.84. The Hall–Kier alpha value is -1.72. The third-order valence-electron chi connectivity index (χ3n) is 1.84. The smallest absolute Gasteiger partial charge is 0.417 e. The first kappa shape index (κ1) is 12.4. The fraction of sp³-hybridized carbons (Fsp3) is 0.300. The Morgan fingerprint density at radius 1 is 1.44 bits per heavy atom. The molecule has 16 heavy (non-hydrogen) atoms. The van der Waals surface area contributed by atoms with Gasteiger partial charge in [0.15, 0.2) is 0 Å². The second-order valence-corrected chi connectivity index (χ2v) is 2.94. The molecule has 1 rings (SSSR count). The van der Waals surface area contributed by atoms with Gasteiger partial charge in [0.1, 0.15) is 5.75 Å². The monoisotopic (exact) mass is 234 g/mol. The highest BCUT2D eigenvalue weighted by Crippen LogP contribution is 2.34. The van der Waals surface area contributed by atoms with Gasteiger partial charge in [-0.05, 0) is 25.1 Å². The van der Waals surface area contributed by atoms with Crippen molar-refractivity contribution in [2.45, 2.75) is 13.1 Å². The van der Waals surface area contributed by atoms with E-state index in [4.69, 9.17) is 9.84 Å². The van der Waals surface area contributed by atoms with Crippen LogP contribution in [0.5, 0.6) is 5.75 Å². The molecule has 0 unspecified atom stereocenters. The molecule has 3 nitrogen and oxygen atoms in total. The molecule has 1 aromatic rings. The average molecular weight is 234 g/mol. The molecule has 0 amide bonds. The number of carboxylic acid groups (broad SMARTS) is 1. The summed E-state index contributed by atoms with van der Waals surface area (Å²) in [5.41, 5.74) is -1.98. The van der Waals surface area contributed by atoms with Crippen molar-refractivity contribution < 1.29 is 27.8 Å². The van der Waals surface area contributed by atoms with Crippen LogP contribution in [-0.4, -0.2) is 17.7 Å². The number of halogens is 3. The van der Waals surface area contributed by atoms with Gasteiger partial charge in [0.2, 0.25) is 0 Å². The van der Waals surface area contributed by atoms with Crippen LogP contribution in [0.4, 0.5) is 13.2 Å². The van der Waals surface area contributed by atoms with Gasteiger partial charge in [0.05, 0.1) is 17.7 Å². The maximum Gasteiger partial charge on any atom is 0.417 e. The van der Waals surface area contributed by atoms with E-state index in [0.29, 0.717) is 6.07 Å². The van der Waals surface area contributed by atoms with Gasteiger partial charge in [-0.15, -0.1) is 0 Å². The molecule has 0 saturated carbocycles. The maximum absolute atomic E-state index is 12.5. The van der Waals surface area contributed by atoms with E-state index < -0.39 is 23.3 Å². The predicted molar refractivity (Wildman–Crippen MR) is 49.6 cm³/mol. The molecule has 0 radical (unpaired) electrons. The molecular weight excluding hydrogens is 225 g/mol. The number of rotatable bonds is 3. The van der Waals surface area contributed by atoms with Crippen LogP contribution in [0.2, 0.25) is 0 Å². The highest BCUT2D eigenvalue weighted by atomic mass is 19.4. The number of hydrogen-bond donors (Lipinski definition) is 1. The first-order valence-corrected chi connectivity index (χ1v) is 4.43. The van der Waals surface area contributed by atoms with Crippen molar-refractivity contribution >= 4 is 5.97 Å². The van der Waals surface area contributed by atoms with Gasteiger partial charge >= 0.3 is 12.1 Å². The molecule has 0 bridgehead atoms. The average Bonchev–Trinajstić information content (AvgIpc) is 2.16. The van der Waals surface area contributed by atoms with Crippen LogP contribution in [0, 0.1) is 0 Å². The second-order valence-electron chi connectivity index (χ2n) is 2.94. The molecule has 0 aliphatic carbocycles. The predicted octanol–water partition coefficient (Wildman–Crippen LogP) is 2.80. The fourth-order valence-corrected chi connectivity index (χ4v) is 1.20. The number of hydrogen-bond acceptors (Lipinski definition) is 2. The number of alkyl halides is 3. The Morgan fingerprint density at radius 3 is 2.50 bits per heavy atom. The van der Waals surface area contributed by atoms with Crippen LogP contribution in [0.1, 0.15) is 22.8 Å². The Labute approximate surface area is 89.5 Å². The van der Waals surface area contributed by atoms with Gasteiger partial charge in [0, 0.05) is 0 Å². The van der Waals surface area contributed by atoms with Gasteiger partial charge in [-0.25, -0.2) is 4.79 Å². The normalized spacial score (nSPS) is 11.2. The van der Waals surface area contributed by atoms with Crippen LogP contribution in [0.3, 0.4) is 0 Å². The van der Waals surface area contributed by atoms with E-state index >= 15 is 0 Å². The van der Waals surface area contributed by atoms with Crippen molar-refractivity contribution in [2.75, 3.05) is 6.61 Å². The van der Waals surface area contributed by atoms with Crippen molar-refractivity contribution in [1.29, 1.82) is 0 Å². The van der Waals surface area contributed by atoms with E-state index in [0.717, 1.165) is 6.07 Å². The molecule has 0 heterocycles. The van der Waals surface area contributed by atoms with Crippen molar-refractivity contribution in [1.82, 2.24) is 0 Å². The SMILES string of the molecule is CCOc1ccc(C(=O)O)c(C(F)(F)F)c1. The second kappa shape index (κ2) is 4.42. The lowest BCUT2D eigenvalue weighted by atomic mass is 10.1. The summed E-state index contributed by atoms with van der Waals surface area (Å²) in [4.78, 5) is 10.6. The van der Waals surface area contributed by atoms with Crippen molar-refractivity contribution in [2.24, 2.45) is 0 Å². The van der Waals surface area contributed by atoms with Crippen molar-refractivity contribution in [3.8, 4) is 5.75 Å². The minimum absolute atomic E-state index is 0.000162. The Balaban J connectivity index is 3.27. The summed E-state index contributed by atoms with van der Waals surface area (Å²) in [6.07, 6.45) is -4.71. The highest BCUT2D eigenvalue weighted by Gasteiger charge is 2.35. The lowest BCUT2D eigenvalue weighted by Crippen LogP contribution is -2.13. The van der Waals surface area contributed by atoms with Gasteiger partial charge in [-0.3, -0.25) is 0 Å². The lowest BCUT2D eigenvalue weighted by molar-refractivity contribution is -0.138. The van der Waals surface area contributed by atoms with Gasteiger partial charge in [-0.1, -0.05) is 0 Å². The van der Waals surface area contributed by atoms with Crippen molar-refractivity contribution in [3.63, 3.8) is 0 Å². The van der Waals surface area contributed by atoms with E-state index in [1.807, 2.05) is 0 Å². The highest BCUT2D eigenvalue weighted by molar-refractivity contribution is 5.89. The maximum atomic E-state index is 12.5. The molecule has 6 heteroatoms. The van der Waals surface area contributed by atoms with Gasteiger partial charge in [0.25, 0.3) is 0 Å². The molecule has 0 fully saturated rings. The number of benzene rings is 1. The molecular formula is C10H9F3O3. The van der Waals surface area contributed by atoms with E-state index in [1.165, 1.54) is 6.07 Å². The minimum Gasteiger partial charge on any atom is -0.494 e. The number of carboxylic acids is 1. The zero-order valence-corrected chi connectivity index (χ0v) is 8.34. The van der Waals surface area contributed by atoms with E-state index in [-0.39, 0.29) is 12.4 Å². The molecule has 0 aliphatic rings. The molecule has 1 N–H and O–H groups in total. The summed E-state index contributed by atoms with van der Waals surface area (Å²) in [7, 11) is 0. The van der Waals surface area contributed by atoms with Crippen LogP contribution in [-0.2, 0) is 6.18 Å². The quantitative estimate of drug-likeness (QED) is 0.874. The van der Waals surface area contributed by atoms with Crippen LogP contribution in [0.25, 0.3) is 0 Å². The first-order valence-electron chi connectivity index (χ1n) is 4.43. The van der Waals surface area contributed by atoms with E-state index in [2.05, 4.69) is 0 Å². The summed E-state index contributed by atoms with van der Waals surface area (Å²) in [6, 6.07) is 2.77. The van der Waals surface area contributed by atoms with Gasteiger partial charge < -0.3 is 9.84 Å². The fourth-order valence-electron chi connectivity index (χ4n) is 1.20. The third-order valence-corrected chi connectivity index (χ3v) is 1.84. The minimum atomic E-state index is -4.71. The lowest BCUT2D eigenvalue weighted by Gasteiger charge is -2.12.